The Morgan fingerprint density at radius 3 is 2.78 bits per heavy atom. The van der Waals surface area contributed by atoms with Gasteiger partial charge in [0.2, 0.25) is 0 Å². The lowest BCUT2D eigenvalue weighted by Gasteiger charge is -2.09. The molecule has 2 aromatic heterocycles. The van der Waals surface area contributed by atoms with E-state index in [1.54, 1.807) is 11.3 Å². The number of hydrogen-bond donors (Lipinski definition) is 2. The summed E-state index contributed by atoms with van der Waals surface area (Å²) in [6, 6.07) is 3.78. The van der Waals surface area contributed by atoms with Gasteiger partial charge in [-0.1, -0.05) is 12.2 Å². The van der Waals surface area contributed by atoms with Crippen LogP contribution in [0.3, 0.4) is 0 Å². The molecule has 4 nitrogen and oxygen atoms in total. The molecule has 2 rings (SSSR count). The van der Waals surface area contributed by atoms with Gasteiger partial charge in [0.05, 0.1) is 22.8 Å². The first kappa shape index (κ1) is 12.9. The monoisotopic (exact) mass is 278 g/mol. The second-order valence-corrected chi connectivity index (χ2v) is 5.43. The number of aryl methyl sites for hydroxylation is 2. The maximum atomic E-state index is 5.68. The van der Waals surface area contributed by atoms with Crippen molar-refractivity contribution < 1.29 is 0 Å². The van der Waals surface area contributed by atoms with Crippen LogP contribution in [0.15, 0.2) is 17.5 Å². The normalized spacial score (nSPS) is 10.3. The zero-order valence-corrected chi connectivity index (χ0v) is 11.9. The molecule has 0 aliphatic heterocycles. The minimum Gasteiger partial charge on any atom is -0.389 e. The summed E-state index contributed by atoms with van der Waals surface area (Å²) in [7, 11) is 0. The zero-order valence-electron chi connectivity index (χ0n) is 10.2. The largest absolute Gasteiger partial charge is 0.389 e. The molecule has 0 bridgehead atoms. The van der Waals surface area contributed by atoms with E-state index in [2.05, 4.69) is 15.3 Å². The Balaban J connectivity index is 2.17. The predicted molar refractivity (Wildman–Crippen MR) is 79.0 cm³/mol. The molecular formula is C12H14N4S2. The number of hydrogen-bond acceptors (Lipinski definition) is 5. The summed E-state index contributed by atoms with van der Waals surface area (Å²) in [6.45, 7) is 4.54. The molecule has 0 unspecified atom stereocenters. The van der Waals surface area contributed by atoms with E-state index in [0.29, 0.717) is 17.4 Å². The SMILES string of the molecule is Cc1ccc(C(N)=S)c(NCc2csc(C)n2)n1. The summed E-state index contributed by atoms with van der Waals surface area (Å²) in [4.78, 5) is 9.15. The topological polar surface area (TPSA) is 63.8 Å². The van der Waals surface area contributed by atoms with E-state index in [9.17, 15) is 0 Å². The van der Waals surface area contributed by atoms with Crippen LogP contribution in [0, 0.1) is 13.8 Å². The van der Waals surface area contributed by atoms with Gasteiger partial charge >= 0.3 is 0 Å². The molecule has 3 N–H and O–H groups in total. The summed E-state index contributed by atoms with van der Waals surface area (Å²) in [5.74, 6) is 0.716. The first-order valence-corrected chi connectivity index (χ1v) is 6.77. The minimum absolute atomic E-state index is 0.347. The van der Waals surface area contributed by atoms with Crippen molar-refractivity contribution >= 4 is 34.4 Å². The Kier molecular flexibility index (Phi) is 3.88. The van der Waals surface area contributed by atoms with Crippen LogP contribution in [0.25, 0.3) is 0 Å². The van der Waals surface area contributed by atoms with Crippen molar-refractivity contribution in [1.29, 1.82) is 0 Å². The number of rotatable bonds is 4. The Labute approximate surface area is 115 Å². The van der Waals surface area contributed by atoms with Gasteiger partial charge in [0.15, 0.2) is 0 Å². The summed E-state index contributed by atoms with van der Waals surface area (Å²) in [5, 5.41) is 6.31. The average molecular weight is 278 g/mol. The van der Waals surface area contributed by atoms with E-state index in [1.165, 1.54) is 0 Å². The van der Waals surface area contributed by atoms with Crippen molar-refractivity contribution in [3.63, 3.8) is 0 Å². The van der Waals surface area contributed by atoms with Gasteiger partial charge in [-0.3, -0.25) is 0 Å². The van der Waals surface area contributed by atoms with Crippen molar-refractivity contribution in [2.45, 2.75) is 20.4 Å². The van der Waals surface area contributed by atoms with Gasteiger partial charge in [-0.25, -0.2) is 9.97 Å². The zero-order chi connectivity index (χ0) is 13.1. The molecule has 0 saturated heterocycles. The van der Waals surface area contributed by atoms with Crippen LogP contribution in [-0.2, 0) is 6.54 Å². The summed E-state index contributed by atoms with van der Waals surface area (Å²) < 4.78 is 0. The fourth-order valence-corrected chi connectivity index (χ4v) is 2.33. The quantitative estimate of drug-likeness (QED) is 0.841. The molecule has 0 aliphatic carbocycles. The summed E-state index contributed by atoms with van der Waals surface area (Å²) >= 11 is 6.64. The highest BCUT2D eigenvalue weighted by Gasteiger charge is 2.07. The second-order valence-electron chi connectivity index (χ2n) is 3.92. The lowest BCUT2D eigenvalue weighted by atomic mass is 10.2. The minimum atomic E-state index is 0.347. The number of aromatic nitrogens is 2. The van der Waals surface area contributed by atoms with E-state index in [1.807, 2.05) is 31.4 Å². The molecule has 0 saturated carbocycles. The molecule has 94 valence electrons. The molecule has 0 aromatic carbocycles. The first-order valence-electron chi connectivity index (χ1n) is 5.48. The molecule has 2 aromatic rings. The molecule has 0 radical (unpaired) electrons. The molecule has 2 heterocycles. The Morgan fingerprint density at radius 2 is 2.17 bits per heavy atom. The highest BCUT2D eigenvalue weighted by molar-refractivity contribution is 7.80. The molecule has 0 spiro atoms. The van der Waals surface area contributed by atoms with E-state index in [0.717, 1.165) is 22.0 Å². The highest BCUT2D eigenvalue weighted by atomic mass is 32.1. The number of thiocarbonyl (C=S) groups is 1. The smallest absolute Gasteiger partial charge is 0.136 e. The van der Waals surface area contributed by atoms with Gasteiger partial charge in [0, 0.05) is 11.1 Å². The number of nitrogens with two attached hydrogens (primary N) is 1. The first-order chi connectivity index (χ1) is 8.56. The number of nitrogens with one attached hydrogen (secondary N) is 1. The lowest BCUT2D eigenvalue weighted by molar-refractivity contribution is 1.03. The van der Waals surface area contributed by atoms with Crippen LogP contribution < -0.4 is 11.1 Å². The van der Waals surface area contributed by atoms with Crippen molar-refractivity contribution in [2.75, 3.05) is 5.32 Å². The van der Waals surface area contributed by atoms with Crippen molar-refractivity contribution in [3.8, 4) is 0 Å². The van der Waals surface area contributed by atoms with Gasteiger partial charge in [-0.05, 0) is 26.0 Å². The van der Waals surface area contributed by atoms with Gasteiger partial charge < -0.3 is 11.1 Å². The van der Waals surface area contributed by atoms with Crippen LogP contribution in [0.4, 0.5) is 5.82 Å². The molecule has 0 amide bonds. The fraction of sp³-hybridized carbons (Fsp3) is 0.250. The van der Waals surface area contributed by atoms with Crippen molar-refractivity contribution in [1.82, 2.24) is 9.97 Å². The highest BCUT2D eigenvalue weighted by Crippen LogP contribution is 2.15. The van der Waals surface area contributed by atoms with Gasteiger partial charge in [-0.15, -0.1) is 11.3 Å². The van der Waals surface area contributed by atoms with E-state index >= 15 is 0 Å². The van der Waals surface area contributed by atoms with Crippen LogP contribution >= 0.6 is 23.6 Å². The van der Waals surface area contributed by atoms with Crippen LogP contribution in [-0.4, -0.2) is 15.0 Å². The Bertz CT molecular complexity index is 577. The fourth-order valence-electron chi connectivity index (χ4n) is 1.55. The van der Waals surface area contributed by atoms with Crippen LogP contribution in [0.2, 0.25) is 0 Å². The standard InChI is InChI=1S/C12H14N4S2/c1-7-3-4-10(11(13)17)12(15-7)14-5-9-6-18-8(2)16-9/h3-4,6H,5H2,1-2H3,(H2,13,17)(H,14,15). The Morgan fingerprint density at radius 1 is 1.39 bits per heavy atom. The molecule has 0 fully saturated rings. The van der Waals surface area contributed by atoms with E-state index in [-0.39, 0.29) is 0 Å². The molecule has 18 heavy (non-hydrogen) atoms. The predicted octanol–water partition coefficient (Wildman–Crippen LogP) is 2.40. The van der Waals surface area contributed by atoms with Crippen LogP contribution in [0.5, 0.6) is 0 Å². The average Bonchev–Trinajstić information content (AvgIpc) is 2.72. The van der Waals surface area contributed by atoms with Crippen molar-refractivity contribution in [3.05, 3.63) is 39.5 Å². The van der Waals surface area contributed by atoms with Crippen LogP contribution in [0.1, 0.15) is 22.0 Å². The molecule has 0 atom stereocenters. The summed E-state index contributed by atoms with van der Waals surface area (Å²) in [6.07, 6.45) is 0. The molecule has 6 heteroatoms. The number of nitrogens with zero attached hydrogens (tertiary/aromatic N) is 2. The maximum Gasteiger partial charge on any atom is 0.136 e. The van der Waals surface area contributed by atoms with E-state index < -0.39 is 0 Å². The molecular weight excluding hydrogens is 264 g/mol. The van der Waals surface area contributed by atoms with E-state index in [4.69, 9.17) is 18.0 Å². The van der Waals surface area contributed by atoms with Gasteiger partial charge in [-0.2, -0.15) is 0 Å². The van der Waals surface area contributed by atoms with Gasteiger partial charge in [0.1, 0.15) is 10.8 Å². The van der Waals surface area contributed by atoms with Crippen molar-refractivity contribution in [2.24, 2.45) is 5.73 Å². The lowest BCUT2D eigenvalue weighted by Crippen LogP contribution is -2.15. The third kappa shape index (κ3) is 3.02. The number of thiazole rings is 1. The third-order valence-corrected chi connectivity index (χ3v) is 3.45. The third-order valence-electron chi connectivity index (χ3n) is 2.40. The molecule has 0 aliphatic rings. The Hall–Kier alpha value is -1.53. The summed E-state index contributed by atoms with van der Waals surface area (Å²) in [5.41, 5.74) is 8.36. The number of pyridine rings is 1. The second kappa shape index (κ2) is 5.41. The maximum absolute atomic E-state index is 5.68. The number of anilines is 1. The van der Waals surface area contributed by atoms with Gasteiger partial charge in [0.25, 0.3) is 0 Å².